The second kappa shape index (κ2) is 15.6. The first-order valence-corrected chi connectivity index (χ1v) is 15.6. The monoisotopic (exact) mass is 651 g/mol. The third-order valence-electron chi connectivity index (χ3n) is 8.48. The van der Waals surface area contributed by atoms with Crippen LogP contribution in [-0.4, -0.2) is 91.7 Å². The number of carbonyl (C=O) groups excluding carboxylic acids is 4. The van der Waals surface area contributed by atoms with Crippen LogP contribution in [0.5, 0.6) is 0 Å². The van der Waals surface area contributed by atoms with Gasteiger partial charge in [0.15, 0.2) is 0 Å². The van der Waals surface area contributed by atoms with Gasteiger partial charge in [-0.25, -0.2) is 0 Å². The predicted octanol–water partition coefficient (Wildman–Crippen LogP) is 0.970. The number of rotatable bonds is 15. The van der Waals surface area contributed by atoms with E-state index in [0.29, 0.717) is 12.1 Å². The van der Waals surface area contributed by atoms with Crippen LogP contribution in [0, 0.1) is 11.8 Å². The van der Waals surface area contributed by atoms with Gasteiger partial charge < -0.3 is 36.2 Å². The van der Waals surface area contributed by atoms with Crippen molar-refractivity contribution in [1.29, 1.82) is 0 Å². The molecule has 3 unspecified atom stereocenters. The number of aliphatic carboxylic acids is 2. The van der Waals surface area contributed by atoms with Crippen molar-refractivity contribution in [3.63, 3.8) is 0 Å². The highest BCUT2D eigenvalue weighted by Crippen LogP contribution is 2.47. The number of hydrogen-bond acceptors (Lipinski definition) is 8. The molecule has 1 saturated carbocycles. The number of pyridine rings is 1. The summed E-state index contributed by atoms with van der Waals surface area (Å²) in [6.07, 6.45) is -1.13. The molecule has 2 fully saturated rings. The Bertz CT molecular complexity index is 1450. The van der Waals surface area contributed by atoms with E-state index >= 15 is 0 Å². The zero-order valence-electron chi connectivity index (χ0n) is 26.2. The summed E-state index contributed by atoms with van der Waals surface area (Å²) < 4.78 is 0. The molecule has 1 saturated heterocycles. The van der Waals surface area contributed by atoms with E-state index in [1.807, 2.05) is 44.2 Å². The molecule has 14 nitrogen and oxygen atoms in total. The number of benzene rings is 1. The van der Waals surface area contributed by atoms with Crippen LogP contribution in [0.3, 0.4) is 0 Å². The maximum Gasteiger partial charge on any atom is 0.307 e. The molecule has 1 aromatic heterocycles. The summed E-state index contributed by atoms with van der Waals surface area (Å²) in [4.78, 5) is 82.1. The number of nitrogens with zero attached hydrogens (tertiary/aromatic N) is 2. The first-order chi connectivity index (χ1) is 22.3. The second-order valence-electron chi connectivity index (χ2n) is 12.4. The van der Waals surface area contributed by atoms with Gasteiger partial charge in [-0.1, -0.05) is 50.2 Å². The molecule has 4 amide bonds. The van der Waals surface area contributed by atoms with Crippen molar-refractivity contribution in [1.82, 2.24) is 25.8 Å². The van der Waals surface area contributed by atoms with Gasteiger partial charge in [0.05, 0.1) is 18.0 Å². The summed E-state index contributed by atoms with van der Waals surface area (Å²) >= 11 is 0. The van der Waals surface area contributed by atoms with E-state index in [1.165, 1.54) is 6.20 Å². The van der Waals surface area contributed by atoms with Gasteiger partial charge in [0, 0.05) is 31.1 Å². The van der Waals surface area contributed by atoms with Crippen molar-refractivity contribution in [2.75, 3.05) is 6.54 Å². The lowest BCUT2D eigenvalue weighted by Gasteiger charge is -2.30. The molecule has 1 aliphatic carbocycles. The SMILES string of the molecule is CC(C)C(C(=O)N[C@@H](CCC(=O)O)C(=O)N1C[C@@H](NC(=O)C2CC2c2ccccc2)C[C@H]1C(=O)N[C@H](O)CC(=O)O)c1ccccn1. The molecule has 1 aromatic carbocycles. The Balaban J connectivity index is 1.54. The molecule has 2 aromatic rings. The largest absolute Gasteiger partial charge is 0.481 e. The van der Waals surface area contributed by atoms with E-state index in [2.05, 4.69) is 20.9 Å². The van der Waals surface area contributed by atoms with Crippen molar-refractivity contribution in [2.24, 2.45) is 11.8 Å². The maximum absolute atomic E-state index is 14.1. The molecule has 14 heteroatoms. The highest BCUT2D eigenvalue weighted by Gasteiger charge is 2.47. The maximum atomic E-state index is 14.1. The smallest absolute Gasteiger partial charge is 0.307 e. The summed E-state index contributed by atoms with van der Waals surface area (Å²) in [7, 11) is 0. The Kier molecular flexibility index (Phi) is 11.6. The van der Waals surface area contributed by atoms with Gasteiger partial charge in [0.1, 0.15) is 18.3 Å². The number of carboxylic acids is 2. The van der Waals surface area contributed by atoms with E-state index in [9.17, 15) is 39.0 Å². The summed E-state index contributed by atoms with van der Waals surface area (Å²) in [6, 6.07) is 11.4. The highest BCUT2D eigenvalue weighted by molar-refractivity contribution is 5.94. The van der Waals surface area contributed by atoms with Crippen LogP contribution in [0.15, 0.2) is 54.7 Å². The minimum absolute atomic E-state index is 0.0456. The molecule has 2 heterocycles. The Morgan fingerprint density at radius 3 is 2.23 bits per heavy atom. The van der Waals surface area contributed by atoms with Crippen molar-refractivity contribution >= 4 is 35.6 Å². The number of amides is 4. The number of hydrogen-bond donors (Lipinski definition) is 6. The van der Waals surface area contributed by atoms with Crippen molar-refractivity contribution in [3.8, 4) is 0 Å². The zero-order valence-corrected chi connectivity index (χ0v) is 26.2. The molecule has 47 heavy (non-hydrogen) atoms. The molecule has 0 spiro atoms. The van der Waals surface area contributed by atoms with Crippen LogP contribution < -0.4 is 16.0 Å². The Hall–Kier alpha value is -4.85. The zero-order chi connectivity index (χ0) is 34.2. The number of aromatic nitrogens is 1. The number of aliphatic hydroxyl groups is 1. The van der Waals surface area contributed by atoms with Crippen LogP contribution in [-0.2, 0) is 28.8 Å². The van der Waals surface area contributed by atoms with Crippen molar-refractivity contribution in [3.05, 3.63) is 66.0 Å². The summed E-state index contributed by atoms with van der Waals surface area (Å²) in [5.41, 5.74) is 1.50. The van der Waals surface area contributed by atoms with Crippen LogP contribution in [0.4, 0.5) is 0 Å². The third-order valence-corrected chi connectivity index (χ3v) is 8.48. The minimum Gasteiger partial charge on any atom is -0.481 e. The quantitative estimate of drug-likeness (QED) is 0.150. The first-order valence-electron chi connectivity index (χ1n) is 15.6. The fraction of sp³-hybridized carbons (Fsp3) is 0.485. The fourth-order valence-corrected chi connectivity index (χ4v) is 6.10. The van der Waals surface area contributed by atoms with Crippen LogP contribution >= 0.6 is 0 Å². The van der Waals surface area contributed by atoms with E-state index in [1.54, 1.807) is 18.2 Å². The number of aliphatic hydroxyl groups excluding tert-OH is 1. The standard InChI is InChI=1S/C33H41N5O9/c1-18(2)29(23-10-6-7-13-34-23)32(46)36-24(11-12-27(40)41)33(47)38-17-20(14-25(38)31(45)37-26(39)16-28(42)43)35-30(44)22-15-21(22)19-8-4-3-5-9-19/h3-10,13,18,20-22,24-26,29,39H,11-12,14-17H2,1-2H3,(H,35,44)(H,36,46)(H,37,45)(H,40,41)(H,42,43)/t20-,21?,22?,24-,25-,26+,29?/m0/s1. The molecule has 2 aliphatic rings. The highest BCUT2D eigenvalue weighted by atomic mass is 16.4. The summed E-state index contributed by atoms with van der Waals surface area (Å²) in [5, 5.41) is 36.3. The molecule has 6 N–H and O–H groups in total. The molecule has 4 rings (SSSR count). The Morgan fingerprint density at radius 2 is 1.62 bits per heavy atom. The second-order valence-corrected chi connectivity index (χ2v) is 12.4. The van der Waals surface area contributed by atoms with E-state index in [-0.39, 0.29) is 43.0 Å². The van der Waals surface area contributed by atoms with Gasteiger partial charge in [-0.3, -0.25) is 33.8 Å². The van der Waals surface area contributed by atoms with Crippen molar-refractivity contribution < 1.29 is 44.1 Å². The van der Waals surface area contributed by atoms with Gasteiger partial charge in [0.25, 0.3) is 0 Å². The number of likely N-dealkylation sites (tertiary alicyclic amines) is 1. The Labute approximate surface area is 271 Å². The molecular formula is C33H41N5O9. The number of carbonyl (C=O) groups is 6. The predicted molar refractivity (Wildman–Crippen MR) is 166 cm³/mol. The van der Waals surface area contributed by atoms with Gasteiger partial charge in [0.2, 0.25) is 23.6 Å². The van der Waals surface area contributed by atoms with Crippen molar-refractivity contribution in [2.45, 2.75) is 82.1 Å². The number of nitrogens with one attached hydrogen (secondary N) is 3. The van der Waals surface area contributed by atoms with E-state index in [0.717, 1.165) is 10.5 Å². The lowest BCUT2D eigenvalue weighted by atomic mass is 9.90. The van der Waals surface area contributed by atoms with Crippen LogP contribution in [0.1, 0.15) is 69.0 Å². The van der Waals surface area contributed by atoms with Gasteiger partial charge in [-0.2, -0.15) is 0 Å². The summed E-state index contributed by atoms with van der Waals surface area (Å²) in [6.45, 7) is 3.49. The molecule has 7 atom stereocenters. The fourth-order valence-electron chi connectivity index (χ4n) is 6.10. The molecule has 0 bridgehead atoms. The average molecular weight is 652 g/mol. The topological polar surface area (TPSA) is 215 Å². The first kappa shape index (κ1) is 35.0. The van der Waals surface area contributed by atoms with Crippen LogP contribution in [0.25, 0.3) is 0 Å². The van der Waals surface area contributed by atoms with Gasteiger partial charge in [-0.15, -0.1) is 0 Å². The lowest BCUT2D eigenvalue weighted by molar-refractivity contribution is -0.145. The lowest BCUT2D eigenvalue weighted by Crippen LogP contribution is -2.55. The molecule has 252 valence electrons. The molecule has 0 radical (unpaired) electrons. The van der Waals surface area contributed by atoms with Crippen LogP contribution in [0.2, 0.25) is 0 Å². The minimum atomic E-state index is -1.74. The number of carboxylic acid groups (broad SMARTS) is 2. The third kappa shape index (κ3) is 9.35. The van der Waals surface area contributed by atoms with Gasteiger partial charge >= 0.3 is 11.9 Å². The average Bonchev–Trinajstić information content (AvgIpc) is 3.72. The molecule has 1 aliphatic heterocycles. The Morgan fingerprint density at radius 1 is 0.915 bits per heavy atom. The van der Waals surface area contributed by atoms with Gasteiger partial charge in [-0.05, 0) is 48.8 Å². The normalized spacial score (nSPS) is 22.1. The van der Waals surface area contributed by atoms with E-state index < -0.39 is 72.8 Å². The molecular weight excluding hydrogens is 610 g/mol. The van der Waals surface area contributed by atoms with E-state index in [4.69, 9.17) is 5.11 Å². The summed E-state index contributed by atoms with van der Waals surface area (Å²) in [5.74, 6) is -6.18.